The largest absolute Gasteiger partial charge is 0.490 e. The Hall–Kier alpha value is -4.34. The predicted octanol–water partition coefficient (Wildman–Crippen LogP) is 5.85. The number of aromatic nitrogens is 4. The second-order valence-electron chi connectivity index (χ2n) is 8.98. The van der Waals surface area contributed by atoms with Crippen LogP contribution in [0.5, 0.6) is 5.75 Å². The number of nitrogens with zero attached hydrogens (tertiary/aromatic N) is 4. The molecule has 0 aliphatic heterocycles. The van der Waals surface area contributed by atoms with Crippen molar-refractivity contribution in [1.82, 2.24) is 19.7 Å². The first-order valence-corrected chi connectivity index (χ1v) is 12.4. The van der Waals surface area contributed by atoms with Crippen LogP contribution in [-0.4, -0.2) is 31.5 Å². The fourth-order valence-electron chi connectivity index (χ4n) is 4.11. The van der Waals surface area contributed by atoms with E-state index in [1.54, 1.807) is 18.3 Å². The molecule has 2 N–H and O–H groups in total. The van der Waals surface area contributed by atoms with Crippen molar-refractivity contribution in [1.29, 1.82) is 0 Å². The average Bonchev–Trinajstić information content (AvgIpc) is 3.44. The van der Waals surface area contributed by atoms with Crippen LogP contribution < -0.4 is 10.1 Å². The van der Waals surface area contributed by atoms with E-state index in [0.717, 1.165) is 34.6 Å². The van der Waals surface area contributed by atoms with Crippen LogP contribution in [-0.2, 0) is 18.7 Å². The second-order valence-corrected chi connectivity index (χ2v) is 9.41. The highest BCUT2D eigenvalue weighted by molar-refractivity contribution is 6.30. The highest BCUT2D eigenvalue weighted by Gasteiger charge is 2.34. The van der Waals surface area contributed by atoms with Gasteiger partial charge in [0.2, 0.25) is 0 Å². The van der Waals surface area contributed by atoms with E-state index in [9.17, 15) is 13.9 Å². The zero-order chi connectivity index (χ0) is 27.2. The molecule has 2 aromatic heterocycles. The van der Waals surface area contributed by atoms with Crippen LogP contribution in [0.3, 0.4) is 0 Å². The number of aliphatic hydroxyl groups is 1. The SMILES string of the molecule is OC(COc1ccc(-c2ccc(NCc3cccc(Cl)c3)nc2)cc1)(Cn1cncn1)c1ccc(F)cc1F. The Bertz CT molecular complexity index is 1530. The number of benzene rings is 3. The first-order valence-electron chi connectivity index (χ1n) is 12.1. The molecule has 0 aliphatic carbocycles. The predicted molar refractivity (Wildman–Crippen MR) is 144 cm³/mol. The quantitative estimate of drug-likeness (QED) is 0.228. The van der Waals surface area contributed by atoms with E-state index in [2.05, 4.69) is 20.4 Å². The molecule has 0 saturated carbocycles. The molecule has 1 unspecified atom stereocenters. The molecule has 0 saturated heterocycles. The lowest BCUT2D eigenvalue weighted by molar-refractivity contribution is -0.0297. The van der Waals surface area contributed by atoms with E-state index in [1.165, 1.54) is 23.4 Å². The summed E-state index contributed by atoms with van der Waals surface area (Å²) in [5.41, 5.74) is 0.942. The minimum absolute atomic E-state index is 0.105. The van der Waals surface area contributed by atoms with E-state index in [0.29, 0.717) is 17.3 Å². The maximum atomic E-state index is 14.6. The van der Waals surface area contributed by atoms with E-state index < -0.39 is 17.2 Å². The van der Waals surface area contributed by atoms with Crippen LogP contribution in [0.4, 0.5) is 14.6 Å². The summed E-state index contributed by atoms with van der Waals surface area (Å²) in [6, 6.07) is 21.7. The molecule has 0 radical (unpaired) electrons. The molecule has 0 aliphatic rings. The molecule has 0 bridgehead atoms. The third-order valence-electron chi connectivity index (χ3n) is 6.11. The van der Waals surface area contributed by atoms with E-state index in [1.807, 2.05) is 48.5 Å². The molecule has 0 fully saturated rings. The summed E-state index contributed by atoms with van der Waals surface area (Å²) in [6.45, 7) is 0.157. The number of rotatable bonds is 10. The van der Waals surface area contributed by atoms with E-state index >= 15 is 0 Å². The molecular formula is C29H24ClF2N5O2. The van der Waals surface area contributed by atoms with Crippen molar-refractivity contribution in [3.63, 3.8) is 0 Å². The Kier molecular flexibility index (Phi) is 7.81. The normalized spacial score (nSPS) is 12.6. The van der Waals surface area contributed by atoms with Crippen molar-refractivity contribution in [2.24, 2.45) is 0 Å². The molecule has 3 aromatic carbocycles. The highest BCUT2D eigenvalue weighted by atomic mass is 35.5. The lowest BCUT2D eigenvalue weighted by atomic mass is 9.94. The Morgan fingerprint density at radius 3 is 2.49 bits per heavy atom. The van der Waals surface area contributed by atoms with Crippen molar-refractivity contribution in [2.75, 3.05) is 11.9 Å². The van der Waals surface area contributed by atoms with Crippen LogP contribution >= 0.6 is 11.6 Å². The van der Waals surface area contributed by atoms with Crippen LogP contribution in [0.1, 0.15) is 11.1 Å². The number of nitrogens with one attached hydrogen (secondary N) is 1. The van der Waals surface area contributed by atoms with Gasteiger partial charge in [0.1, 0.15) is 48.1 Å². The summed E-state index contributed by atoms with van der Waals surface area (Å²) in [5, 5.41) is 19.3. The number of hydrogen-bond acceptors (Lipinski definition) is 6. The van der Waals surface area contributed by atoms with Gasteiger partial charge in [-0.05, 0) is 53.6 Å². The van der Waals surface area contributed by atoms with E-state index in [-0.39, 0.29) is 18.7 Å². The van der Waals surface area contributed by atoms with Crippen LogP contribution in [0.15, 0.2) is 97.7 Å². The standard InChI is InChI=1S/C29H24ClF2N5O2/c30-23-3-1-2-20(12-23)14-34-28-11-6-22(15-35-28)21-4-8-25(9-5-21)39-17-29(38,16-37-19-33-18-36-37)26-10-7-24(31)13-27(26)32/h1-13,15,18-19,38H,14,16-17H2,(H,34,35). The van der Waals surface area contributed by atoms with Gasteiger partial charge in [-0.2, -0.15) is 5.10 Å². The minimum atomic E-state index is -1.83. The fraction of sp³-hybridized carbons (Fsp3) is 0.138. The summed E-state index contributed by atoms with van der Waals surface area (Å²) in [6.07, 6.45) is 4.47. The average molecular weight is 548 g/mol. The topological polar surface area (TPSA) is 85.1 Å². The van der Waals surface area contributed by atoms with Crippen LogP contribution in [0.2, 0.25) is 5.02 Å². The van der Waals surface area contributed by atoms with Crippen molar-refractivity contribution in [3.05, 3.63) is 125 Å². The first kappa shape index (κ1) is 26.3. The summed E-state index contributed by atoms with van der Waals surface area (Å²) < 4.78 is 35.3. The summed E-state index contributed by atoms with van der Waals surface area (Å²) in [7, 11) is 0. The van der Waals surface area contributed by atoms with Gasteiger partial charge in [0.25, 0.3) is 0 Å². The molecule has 10 heteroatoms. The lowest BCUT2D eigenvalue weighted by Crippen LogP contribution is -2.39. The van der Waals surface area contributed by atoms with Gasteiger partial charge in [0, 0.05) is 35.0 Å². The molecule has 5 aromatic rings. The Balaban J connectivity index is 1.25. The Morgan fingerprint density at radius 2 is 1.79 bits per heavy atom. The molecule has 1 atom stereocenters. The third-order valence-corrected chi connectivity index (χ3v) is 6.35. The maximum Gasteiger partial charge on any atom is 0.146 e. The van der Waals surface area contributed by atoms with Crippen LogP contribution in [0.25, 0.3) is 11.1 Å². The van der Waals surface area contributed by atoms with Gasteiger partial charge < -0.3 is 15.2 Å². The number of hydrogen-bond donors (Lipinski definition) is 2. The summed E-state index contributed by atoms with van der Waals surface area (Å²) in [4.78, 5) is 8.34. The molecule has 5 rings (SSSR count). The van der Waals surface area contributed by atoms with Gasteiger partial charge in [0.05, 0.1) is 6.54 Å². The molecular weight excluding hydrogens is 524 g/mol. The second kappa shape index (κ2) is 11.6. The van der Waals surface area contributed by atoms with Crippen molar-refractivity contribution < 1.29 is 18.6 Å². The number of ether oxygens (including phenoxy) is 1. The van der Waals surface area contributed by atoms with Gasteiger partial charge >= 0.3 is 0 Å². The summed E-state index contributed by atoms with van der Waals surface area (Å²) >= 11 is 6.04. The first-order chi connectivity index (χ1) is 18.9. The van der Waals surface area contributed by atoms with E-state index in [4.69, 9.17) is 16.3 Å². The molecule has 39 heavy (non-hydrogen) atoms. The maximum absolute atomic E-state index is 14.6. The van der Waals surface area contributed by atoms with Gasteiger partial charge in [0.15, 0.2) is 0 Å². The van der Waals surface area contributed by atoms with Crippen molar-refractivity contribution in [2.45, 2.75) is 18.7 Å². The van der Waals surface area contributed by atoms with Crippen molar-refractivity contribution >= 4 is 17.4 Å². The number of halogens is 3. The number of pyridine rings is 1. The van der Waals surface area contributed by atoms with Crippen LogP contribution in [0, 0.1) is 11.6 Å². The molecule has 198 valence electrons. The molecule has 0 spiro atoms. The minimum Gasteiger partial charge on any atom is -0.490 e. The monoisotopic (exact) mass is 547 g/mol. The summed E-state index contributed by atoms with van der Waals surface area (Å²) in [5.74, 6) is -0.422. The fourth-order valence-corrected chi connectivity index (χ4v) is 4.33. The van der Waals surface area contributed by atoms with Crippen molar-refractivity contribution in [3.8, 4) is 16.9 Å². The smallest absolute Gasteiger partial charge is 0.146 e. The van der Waals surface area contributed by atoms with Gasteiger partial charge in [-0.25, -0.2) is 23.4 Å². The molecule has 2 heterocycles. The number of anilines is 1. The Labute approximate surface area is 228 Å². The zero-order valence-corrected chi connectivity index (χ0v) is 21.4. The Morgan fingerprint density at radius 1 is 0.974 bits per heavy atom. The lowest BCUT2D eigenvalue weighted by Gasteiger charge is -2.29. The third kappa shape index (κ3) is 6.57. The molecule has 0 amide bonds. The zero-order valence-electron chi connectivity index (χ0n) is 20.6. The molecule has 7 nitrogen and oxygen atoms in total. The van der Waals surface area contributed by atoms with Gasteiger partial charge in [-0.15, -0.1) is 0 Å². The van der Waals surface area contributed by atoms with Gasteiger partial charge in [-0.3, -0.25) is 0 Å². The highest BCUT2D eigenvalue weighted by Crippen LogP contribution is 2.29. The van der Waals surface area contributed by atoms with Gasteiger partial charge in [-0.1, -0.05) is 41.9 Å².